The first-order valence-electron chi connectivity index (χ1n) is 4.36. The number of alkyl halides is 1. The van der Waals surface area contributed by atoms with Crippen LogP contribution in [-0.4, -0.2) is 20.2 Å². The Balaban J connectivity index is 2.72. The van der Waals surface area contributed by atoms with Crippen LogP contribution in [0.3, 0.4) is 0 Å². The van der Waals surface area contributed by atoms with E-state index in [0.29, 0.717) is 11.3 Å². The number of nitrogens with one attached hydrogen (secondary N) is 1. The fourth-order valence-electron chi connectivity index (χ4n) is 1.11. The zero-order chi connectivity index (χ0) is 12.2. The van der Waals surface area contributed by atoms with Crippen molar-refractivity contribution in [1.29, 1.82) is 0 Å². The molecule has 0 aliphatic carbocycles. The second-order valence-electron chi connectivity index (χ2n) is 3.19. The molecule has 0 spiro atoms. The number of primary sulfonamides is 1. The quantitative estimate of drug-likeness (QED) is 0.781. The fraction of sp³-hybridized carbons (Fsp3) is 0.222. The third-order valence-electron chi connectivity index (χ3n) is 1.73. The third kappa shape index (κ3) is 4.61. The zero-order valence-corrected chi connectivity index (χ0v) is 9.88. The van der Waals surface area contributed by atoms with Crippen LogP contribution in [0.15, 0.2) is 24.3 Å². The standard InChI is InChI=1S/C9H11ClN2O3S/c10-5-9(13)12-8-3-1-7(2-4-8)6-16(11,14)15/h1-4H,5-6H2,(H,12,13)(H2,11,14,15). The lowest BCUT2D eigenvalue weighted by Crippen LogP contribution is -2.15. The molecule has 0 unspecified atom stereocenters. The van der Waals surface area contributed by atoms with Gasteiger partial charge in [-0.1, -0.05) is 12.1 Å². The highest BCUT2D eigenvalue weighted by molar-refractivity contribution is 7.88. The maximum Gasteiger partial charge on any atom is 0.239 e. The second kappa shape index (κ2) is 5.29. The molecule has 0 bridgehead atoms. The molecule has 0 fully saturated rings. The molecule has 1 amide bonds. The van der Waals surface area contributed by atoms with E-state index in [1.807, 2.05) is 0 Å². The normalized spacial score (nSPS) is 11.1. The van der Waals surface area contributed by atoms with E-state index in [4.69, 9.17) is 16.7 Å². The Hall–Kier alpha value is -1.11. The summed E-state index contributed by atoms with van der Waals surface area (Å²) in [6.45, 7) is 0. The molecule has 0 saturated heterocycles. The Kier molecular flexibility index (Phi) is 4.28. The number of benzene rings is 1. The van der Waals surface area contributed by atoms with Crippen molar-refractivity contribution < 1.29 is 13.2 Å². The van der Waals surface area contributed by atoms with Crippen LogP contribution in [0.5, 0.6) is 0 Å². The minimum Gasteiger partial charge on any atom is -0.325 e. The van der Waals surface area contributed by atoms with E-state index >= 15 is 0 Å². The van der Waals surface area contributed by atoms with E-state index in [2.05, 4.69) is 5.32 Å². The first-order chi connectivity index (χ1) is 7.40. The molecule has 1 rings (SSSR count). The van der Waals surface area contributed by atoms with Gasteiger partial charge in [-0.3, -0.25) is 4.79 Å². The van der Waals surface area contributed by atoms with E-state index in [1.54, 1.807) is 24.3 Å². The van der Waals surface area contributed by atoms with Gasteiger partial charge in [0.05, 0.1) is 5.75 Å². The van der Waals surface area contributed by atoms with Crippen LogP contribution in [0.1, 0.15) is 5.56 Å². The number of hydrogen-bond donors (Lipinski definition) is 2. The number of halogens is 1. The van der Waals surface area contributed by atoms with Crippen molar-refractivity contribution >= 4 is 33.2 Å². The lowest BCUT2D eigenvalue weighted by atomic mass is 10.2. The maximum absolute atomic E-state index is 10.9. The topological polar surface area (TPSA) is 89.3 Å². The predicted octanol–water partition coefficient (Wildman–Crippen LogP) is 0.652. The molecule has 88 valence electrons. The van der Waals surface area contributed by atoms with E-state index in [0.717, 1.165) is 0 Å². The molecule has 1 aromatic carbocycles. The maximum atomic E-state index is 10.9. The summed E-state index contributed by atoms with van der Waals surface area (Å²) < 4.78 is 21.6. The van der Waals surface area contributed by atoms with Crippen LogP contribution in [0.2, 0.25) is 0 Å². The van der Waals surface area contributed by atoms with Crippen LogP contribution in [0, 0.1) is 0 Å². The van der Waals surface area contributed by atoms with Crippen molar-refractivity contribution in [2.24, 2.45) is 5.14 Å². The summed E-state index contributed by atoms with van der Waals surface area (Å²) in [5.41, 5.74) is 1.12. The molecule has 0 heterocycles. The van der Waals surface area contributed by atoms with Crippen molar-refractivity contribution in [1.82, 2.24) is 0 Å². The molecular formula is C9H11ClN2O3S. The van der Waals surface area contributed by atoms with E-state index < -0.39 is 10.0 Å². The number of rotatable bonds is 4. The highest BCUT2D eigenvalue weighted by Gasteiger charge is 2.05. The van der Waals surface area contributed by atoms with Crippen molar-refractivity contribution in [3.8, 4) is 0 Å². The number of amides is 1. The first-order valence-corrected chi connectivity index (χ1v) is 6.61. The van der Waals surface area contributed by atoms with Crippen LogP contribution in [0.4, 0.5) is 5.69 Å². The number of anilines is 1. The molecule has 0 saturated carbocycles. The number of sulfonamides is 1. The second-order valence-corrected chi connectivity index (χ2v) is 5.07. The van der Waals surface area contributed by atoms with Crippen LogP contribution < -0.4 is 10.5 Å². The Morgan fingerprint density at radius 1 is 1.31 bits per heavy atom. The Morgan fingerprint density at radius 2 is 1.88 bits per heavy atom. The van der Waals surface area contributed by atoms with Crippen molar-refractivity contribution in [2.75, 3.05) is 11.2 Å². The van der Waals surface area contributed by atoms with E-state index in [1.165, 1.54) is 0 Å². The van der Waals surface area contributed by atoms with Gasteiger partial charge < -0.3 is 5.32 Å². The van der Waals surface area contributed by atoms with Gasteiger partial charge in [0.2, 0.25) is 15.9 Å². The summed E-state index contributed by atoms with van der Waals surface area (Å²) in [5.74, 6) is -0.670. The van der Waals surface area contributed by atoms with Gasteiger partial charge in [0.25, 0.3) is 0 Å². The Labute approximate surface area is 98.6 Å². The van der Waals surface area contributed by atoms with Gasteiger partial charge in [-0.05, 0) is 17.7 Å². The summed E-state index contributed by atoms with van der Waals surface area (Å²) in [6.07, 6.45) is 0. The highest BCUT2D eigenvalue weighted by atomic mass is 35.5. The van der Waals surface area contributed by atoms with Crippen LogP contribution in [0.25, 0.3) is 0 Å². The van der Waals surface area contributed by atoms with Gasteiger partial charge >= 0.3 is 0 Å². The lowest BCUT2D eigenvalue weighted by Gasteiger charge is -2.04. The van der Waals surface area contributed by atoms with Gasteiger partial charge in [0, 0.05) is 5.69 Å². The molecule has 7 heteroatoms. The molecule has 0 radical (unpaired) electrons. The summed E-state index contributed by atoms with van der Waals surface area (Å²) >= 11 is 5.31. The molecule has 16 heavy (non-hydrogen) atoms. The fourth-order valence-corrected chi connectivity index (χ4v) is 1.83. The van der Waals surface area contributed by atoms with Gasteiger partial charge in [0.15, 0.2) is 0 Å². The molecule has 1 aromatic rings. The lowest BCUT2D eigenvalue weighted by molar-refractivity contribution is -0.113. The van der Waals surface area contributed by atoms with Crippen molar-refractivity contribution in [3.05, 3.63) is 29.8 Å². The molecule has 0 atom stereocenters. The molecule has 0 aliphatic rings. The molecule has 0 aromatic heterocycles. The third-order valence-corrected chi connectivity index (χ3v) is 2.71. The Morgan fingerprint density at radius 3 is 2.31 bits per heavy atom. The van der Waals surface area contributed by atoms with E-state index in [-0.39, 0.29) is 17.5 Å². The van der Waals surface area contributed by atoms with Crippen LogP contribution >= 0.6 is 11.6 Å². The average Bonchev–Trinajstić information content (AvgIpc) is 2.18. The average molecular weight is 263 g/mol. The largest absolute Gasteiger partial charge is 0.325 e. The number of hydrogen-bond acceptors (Lipinski definition) is 3. The summed E-state index contributed by atoms with van der Waals surface area (Å²) in [4.78, 5) is 10.9. The van der Waals surface area contributed by atoms with E-state index in [9.17, 15) is 13.2 Å². The number of carbonyl (C=O) groups is 1. The summed E-state index contributed by atoms with van der Waals surface area (Å²) in [5, 5.41) is 7.42. The predicted molar refractivity (Wildman–Crippen MR) is 62.6 cm³/mol. The first kappa shape index (κ1) is 13.0. The smallest absolute Gasteiger partial charge is 0.239 e. The van der Waals surface area contributed by atoms with Gasteiger partial charge in [0.1, 0.15) is 5.88 Å². The highest BCUT2D eigenvalue weighted by Crippen LogP contribution is 2.11. The minimum atomic E-state index is -3.53. The van der Waals surface area contributed by atoms with Crippen molar-refractivity contribution in [2.45, 2.75) is 5.75 Å². The molecule has 3 N–H and O–H groups in total. The molecular weight excluding hydrogens is 252 g/mol. The monoisotopic (exact) mass is 262 g/mol. The number of nitrogens with two attached hydrogens (primary N) is 1. The Bertz CT molecular complexity index is 470. The molecule has 5 nitrogen and oxygen atoms in total. The van der Waals surface area contributed by atoms with Crippen LogP contribution in [-0.2, 0) is 20.6 Å². The SMILES string of the molecule is NS(=O)(=O)Cc1ccc(NC(=O)CCl)cc1. The van der Waals surface area contributed by atoms with Crippen molar-refractivity contribution in [3.63, 3.8) is 0 Å². The zero-order valence-electron chi connectivity index (χ0n) is 8.31. The van der Waals surface area contributed by atoms with Gasteiger partial charge in [-0.25, -0.2) is 13.6 Å². The minimum absolute atomic E-state index is 0.126. The number of carbonyl (C=O) groups excluding carboxylic acids is 1. The van der Waals surface area contributed by atoms with Gasteiger partial charge in [-0.2, -0.15) is 0 Å². The van der Waals surface area contributed by atoms with Gasteiger partial charge in [-0.15, -0.1) is 11.6 Å². The summed E-state index contributed by atoms with van der Waals surface area (Å²) in [7, 11) is -3.53. The summed E-state index contributed by atoms with van der Waals surface area (Å²) in [6, 6.07) is 6.33. The molecule has 0 aliphatic heterocycles.